The van der Waals surface area contributed by atoms with Gasteiger partial charge in [-0.2, -0.15) is 5.26 Å². The summed E-state index contributed by atoms with van der Waals surface area (Å²) in [6, 6.07) is 9.11. The summed E-state index contributed by atoms with van der Waals surface area (Å²) in [6.45, 7) is 0.631. The van der Waals surface area contributed by atoms with Gasteiger partial charge in [0, 0.05) is 38.4 Å². The number of fused-ring (bicyclic) bond motifs is 1. The minimum absolute atomic E-state index is 0.00272. The van der Waals surface area contributed by atoms with E-state index < -0.39 is 10.0 Å². The Bertz CT molecular complexity index is 942. The predicted octanol–water partition coefficient (Wildman–Crippen LogP) is 0.692. The summed E-state index contributed by atoms with van der Waals surface area (Å²) in [7, 11) is -0.495. The first-order valence-electron chi connectivity index (χ1n) is 10.3. The van der Waals surface area contributed by atoms with Crippen molar-refractivity contribution in [1.82, 2.24) is 20.1 Å². The molecule has 10 heteroatoms. The zero-order valence-corrected chi connectivity index (χ0v) is 18.0. The normalized spacial score (nSPS) is 31.9. The minimum Gasteiger partial charge on any atom is -0.368 e. The van der Waals surface area contributed by atoms with Crippen LogP contribution in [0.25, 0.3) is 0 Å². The van der Waals surface area contributed by atoms with Gasteiger partial charge in [0.05, 0.1) is 22.8 Å². The number of hydrogen-bond acceptors (Lipinski definition) is 7. The molecule has 1 aliphatic carbocycles. The molecule has 162 valence electrons. The van der Waals surface area contributed by atoms with Crippen LogP contribution < -0.4 is 16.1 Å². The number of rotatable bonds is 5. The third-order valence-corrected chi connectivity index (χ3v) is 8.25. The van der Waals surface area contributed by atoms with Crippen molar-refractivity contribution < 1.29 is 13.2 Å². The Morgan fingerprint density at radius 1 is 1.17 bits per heavy atom. The van der Waals surface area contributed by atoms with Crippen LogP contribution in [-0.4, -0.2) is 62.5 Å². The molecule has 9 nitrogen and oxygen atoms in total. The second-order valence-corrected chi connectivity index (χ2v) is 10.5. The van der Waals surface area contributed by atoms with E-state index in [9.17, 15) is 18.5 Å². The molecule has 3 N–H and O–H groups in total. The van der Waals surface area contributed by atoms with Crippen molar-refractivity contribution in [2.24, 2.45) is 11.8 Å². The minimum atomic E-state index is -3.49. The van der Waals surface area contributed by atoms with Crippen LogP contribution in [0.2, 0.25) is 0 Å². The number of anilines is 1. The van der Waals surface area contributed by atoms with Crippen LogP contribution in [0.5, 0.6) is 0 Å². The van der Waals surface area contributed by atoms with E-state index in [2.05, 4.69) is 27.1 Å². The Labute approximate surface area is 177 Å². The highest BCUT2D eigenvalue weighted by atomic mass is 32.2. The van der Waals surface area contributed by atoms with Gasteiger partial charge in [-0.25, -0.2) is 23.2 Å². The Morgan fingerprint density at radius 2 is 1.90 bits per heavy atom. The highest BCUT2D eigenvalue weighted by molar-refractivity contribution is 7.89. The van der Waals surface area contributed by atoms with Gasteiger partial charge in [-0.3, -0.25) is 4.79 Å². The van der Waals surface area contributed by atoms with Crippen molar-refractivity contribution in [1.29, 1.82) is 5.26 Å². The number of piperidine rings is 1. The second-order valence-electron chi connectivity index (χ2n) is 8.38. The Morgan fingerprint density at radius 3 is 2.57 bits per heavy atom. The first-order valence-corrected chi connectivity index (χ1v) is 11.8. The number of amides is 1. The lowest BCUT2D eigenvalue weighted by Crippen LogP contribution is -2.52. The summed E-state index contributed by atoms with van der Waals surface area (Å²) in [5, 5.41) is 18.0. The van der Waals surface area contributed by atoms with Crippen molar-refractivity contribution >= 4 is 21.6 Å². The van der Waals surface area contributed by atoms with E-state index >= 15 is 0 Å². The molecule has 3 unspecified atom stereocenters. The molecule has 1 aromatic rings. The molecule has 2 aliphatic heterocycles. The highest BCUT2D eigenvalue weighted by Gasteiger charge is 2.51. The van der Waals surface area contributed by atoms with Gasteiger partial charge in [0.25, 0.3) is 0 Å². The first-order chi connectivity index (χ1) is 14.3. The third-order valence-electron chi connectivity index (χ3n) is 6.42. The van der Waals surface area contributed by atoms with E-state index in [0.717, 1.165) is 31.4 Å². The lowest BCUT2D eigenvalue weighted by atomic mass is 9.90. The van der Waals surface area contributed by atoms with Crippen LogP contribution in [0.3, 0.4) is 0 Å². The van der Waals surface area contributed by atoms with Crippen LogP contribution >= 0.6 is 0 Å². The van der Waals surface area contributed by atoms with E-state index in [-0.39, 0.29) is 40.9 Å². The predicted molar refractivity (Wildman–Crippen MR) is 111 cm³/mol. The summed E-state index contributed by atoms with van der Waals surface area (Å²) in [5.41, 5.74) is 4.19. The van der Waals surface area contributed by atoms with Gasteiger partial charge < -0.3 is 10.6 Å². The molecule has 1 amide bonds. The standard InChI is InChI=1S/C20H28N6O3S/c1-25(2)30(28,29)15-8-6-14(7-9-15)23-19-18-17(10-11-22-20(18)27)26(24-19)16-5-3-4-13(16)12-21/h6-9,13,16-19,23-24H,3-5,10-11H2,1-2H3,(H,22,27)/t13-,16+,17?,18?,19?/m1/s1. The van der Waals surface area contributed by atoms with Crippen molar-refractivity contribution in [2.75, 3.05) is 26.0 Å². The number of nitriles is 1. The number of nitrogens with zero attached hydrogens (tertiary/aromatic N) is 3. The average molecular weight is 433 g/mol. The third kappa shape index (κ3) is 3.67. The smallest absolute Gasteiger partial charge is 0.242 e. The number of carbonyl (C=O) groups excluding carboxylic acids is 1. The summed E-state index contributed by atoms with van der Waals surface area (Å²) >= 11 is 0. The molecule has 2 saturated heterocycles. The van der Waals surface area contributed by atoms with E-state index in [4.69, 9.17) is 0 Å². The van der Waals surface area contributed by atoms with Gasteiger partial charge in [0.2, 0.25) is 15.9 Å². The Kier molecular flexibility index (Phi) is 5.72. The molecule has 0 spiro atoms. The maximum Gasteiger partial charge on any atom is 0.242 e. The molecule has 3 fully saturated rings. The maximum absolute atomic E-state index is 12.7. The van der Waals surface area contributed by atoms with Gasteiger partial charge in [0.1, 0.15) is 6.17 Å². The molecule has 1 aromatic carbocycles. The molecule has 30 heavy (non-hydrogen) atoms. The highest BCUT2D eigenvalue weighted by Crippen LogP contribution is 2.37. The number of carbonyl (C=O) groups is 1. The van der Waals surface area contributed by atoms with Crippen LogP contribution in [0.1, 0.15) is 25.7 Å². The molecule has 4 rings (SSSR count). The van der Waals surface area contributed by atoms with E-state index in [1.54, 1.807) is 24.3 Å². The zero-order chi connectivity index (χ0) is 21.5. The number of benzene rings is 1. The first kappa shape index (κ1) is 21.1. The summed E-state index contributed by atoms with van der Waals surface area (Å²) in [4.78, 5) is 12.9. The maximum atomic E-state index is 12.7. The van der Waals surface area contributed by atoms with Gasteiger partial charge in [-0.15, -0.1) is 0 Å². The number of hydrogen-bond donors (Lipinski definition) is 3. The van der Waals surface area contributed by atoms with Gasteiger partial charge in [0.15, 0.2) is 0 Å². The number of hydrazine groups is 1. The second kappa shape index (κ2) is 8.15. The molecule has 5 atom stereocenters. The quantitative estimate of drug-likeness (QED) is 0.627. The molecular formula is C20H28N6O3S. The Hall–Kier alpha value is -2.19. The SMILES string of the molecule is CN(C)S(=O)(=O)c1ccc(NC2NN([C@H]3CCC[C@@H]3C#N)C3CCNC(=O)C23)cc1. The molecule has 0 aromatic heterocycles. The van der Waals surface area contributed by atoms with E-state index in [1.807, 2.05) is 0 Å². The fourth-order valence-corrected chi connectivity index (χ4v) is 5.74. The summed E-state index contributed by atoms with van der Waals surface area (Å²) < 4.78 is 25.7. The van der Waals surface area contributed by atoms with Crippen LogP contribution in [0, 0.1) is 23.2 Å². The molecule has 0 radical (unpaired) electrons. The monoisotopic (exact) mass is 432 g/mol. The average Bonchev–Trinajstić information content (AvgIpc) is 3.33. The largest absolute Gasteiger partial charge is 0.368 e. The van der Waals surface area contributed by atoms with Crippen molar-refractivity contribution in [3.63, 3.8) is 0 Å². The molecular weight excluding hydrogens is 404 g/mol. The van der Waals surface area contributed by atoms with Gasteiger partial charge in [-0.05, 0) is 43.5 Å². The number of sulfonamides is 1. The summed E-state index contributed by atoms with van der Waals surface area (Å²) in [6.07, 6.45) is 3.36. The lowest BCUT2D eigenvalue weighted by molar-refractivity contribution is -0.128. The molecule has 2 heterocycles. The fraction of sp³-hybridized carbons (Fsp3) is 0.600. The van der Waals surface area contributed by atoms with Crippen LogP contribution in [-0.2, 0) is 14.8 Å². The van der Waals surface area contributed by atoms with Gasteiger partial charge in [-0.1, -0.05) is 6.42 Å². The summed E-state index contributed by atoms with van der Waals surface area (Å²) in [5.74, 6) is -0.321. The molecule has 3 aliphatic rings. The topological polar surface area (TPSA) is 118 Å². The van der Waals surface area contributed by atoms with Crippen molar-refractivity contribution in [3.8, 4) is 6.07 Å². The zero-order valence-electron chi connectivity index (χ0n) is 17.2. The van der Waals surface area contributed by atoms with E-state index in [1.165, 1.54) is 18.4 Å². The molecule has 1 saturated carbocycles. The fourth-order valence-electron chi connectivity index (χ4n) is 4.84. The van der Waals surface area contributed by atoms with Gasteiger partial charge >= 0.3 is 0 Å². The lowest BCUT2D eigenvalue weighted by Gasteiger charge is -2.35. The van der Waals surface area contributed by atoms with Crippen LogP contribution in [0.4, 0.5) is 5.69 Å². The molecule has 0 bridgehead atoms. The van der Waals surface area contributed by atoms with Crippen molar-refractivity contribution in [2.45, 2.75) is 48.8 Å². The Balaban J connectivity index is 1.55. The van der Waals surface area contributed by atoms with Crippen LogP contribution in [0.15, 0.2) is 29.2 Å². The van der Waals surface area contributed by atoms with E-state index in [0.29, 0.717) is 6.54 Å². The van der Waals surface area contributed by atoms with Crippen molar-refractivity contribution in [3.05, 3.63) is 24.3 Å². The number of nitrogens with one attached hydrogen (secondary N) is 3.